The van der Waals surface area contributed by atoms with Gasteiger partial charge in [0.05, 0.1) is 12.3 Å². The van der Waals surface area contributed by atoms with Gasteiger partial charge < -0.3 is 15.3 Å². The van der Waals surface area contributed by atoms with E-state index in [1.807, 2.05) is 11.7 Å². The lowest BCUT2D eigenvalue weighted by atomic mass is 10.1. The Morgan fingerprint density at radius 3 is 2.45 bits per heavy atom. The second-order valence-electron chi connectivity index (χ2n) is 5.18. The number of anilines is 1. The van der Waals surface area contributed by atoms with E-state index >= 15 is 0 Å². The first-order chi connectivity index (χ1) is 9.60. The van der Waals surface area contributed by atoms with Crippen LogP contribution in [0.1, 0.15) is 44.9 Å². The fourth-order valence-corrected chi connectivity index (χ4v) is 2.80. The molecule has 0 radical (unpaired) electrons. The highest BCUT2D eigenvalue weighted by Gasteiger charge is 2.23. The average molecular weight is 282 g/mol. The molecule has 0 bridgehead atoms. The molecule has 0 saturated carbocycles. The van der Waals surface area contributed by atoms with Gasteiger partial charge in [0.25, 0.3) is 0 Å². The largest absolute Gasteiger partial charge is 0.395 e. The van der Waals surface area contributed by atoms with E-state index in [1.54, 1.807) is 0 Å². The van der Waals surface area contributed by atoms with Crippen LogP contribution in [0.4, 0.5) is 5.82 Å². The van der Waals surface area contributed by atoms with Crippen LogP contribution in [0.3, 0.4) is 0 Å². The molecular formula is C15H30N4O. The van der Waals surface area contributed by atoms with Gasteiger partial charge in [0.1, 0.15) is 5.82 Å². The van der Waals surface area contributed by atoms with E-state index in [4.69, 9.17) is 0 Å². The summed E-state index contributed by atoms with van der Waals surface area (Å²) in [6.07, 6.45) is 2.14. The molecule has 0 aromatic carbocycles. The first kappa shape index (κ1) is 17.0. The van der Waals surface area contributed by atoms with E-state index in [0.29, 0.717) is 12.6 Å². The van der Waals surface area contributed by atoms with Crippen molar-refractivity contribution in [3.63, 3.8) is 0 Å². The number of nitrogens with zero attached hydrogens (tertiary/aromatic N) is 3. The van der Waals surface area contributed by atoms with Gasteiger partial charge in [-0.3, -0.25) is 4.68 Å². The van der Waals surface area contributed by atoms with Gasteiger partial charge in [0.2, 0.25) is 0 Å². The number of hydrogen-bond donors (Lipinski definition) is 2. The molecule has 20 heavy (non-hydrogen) atoms. The van der Waals surface area contributed by atoms with Crippen LogP contribution in [0.15, 0.2) is 0 Å². The zero-order valence-electron chi connectivity index (χ0n) is 13.6. The van der Waals surface area contributed by atoms with Crippen LogP contribution in [-0.4, -0.2) is 40.6 Å². The van der Waals surface area contributed by atoms with Crippen LogP contribution in [0, 0.1) is 6.92 Å². The Morgan fingerprint density at radius 1 is 1.30 bits per heavy atom. The molecule has 0 spiro atoms. The summed E-state index contributed by atoms with van der Waals surface area (Å²) >= 11 is 0. The van der Waals surface area contributed by atoms with Crippen molar-refractivity contribution in [2.45, 2.75) is 53.1 Å². The van der Waals surface area contributed by atoms with Gasteiger partial charge in [-0.15, -0.1) is 0 Å². The summed E-state index contributed by atoms with van der Waals surface area (Å²) in [6, 6.07) is 0.442. The van der Waals surface area contributed by atoms with Crippen LogP contribution in [0.5, 0.6) is 0 Å². The molecule has 0 amide bonds. The lowest BCUT2D eigenvalue weighted by Gasteiger charge is -2.32. The number of rotatable bonds is 9. The topological polar surface area (TPSA) is 53.3 Å². The Kier molecular flexibility index (Phi) is 7.02. The quantitative estimate of drug-likeness (QED) is 0.725. The highest BCUT2D eigenvalue weighted by atomic mass is 16.3. The van der Waals surface area contributed by atoms with E-state index in [2.05, 4.69) is 43.0 Å². The van der Waals surface area contributed by atoms with E-state index in [9.17, 15) is 5.11 Å². The van der Waals surface area contributed by atoms with Crippen molar-refractivity contribution in [2.24, 2.45) is 7.05 Å². The number of aryl methyl sites for hydroxylation is 2. The third kappa shape index (κ3) is 3.73. The Hall–Kier alpha value is -1.07. The minimum Gasteiger partial charge on any atom is -0.395 e. The van der Waals surface area contributed by atoms with Crippen molar-refractivity contribution in [3.8, 4) is 0 Å². The van der Waals surface area contributed by atoms with Gasteiger partial charge in [-0.25, -0.2) is 0 Å². The Balaban J connectivity index is 3.16. The average Bonchev–Trinajstić information content (AvgIpc) is 2.71. The van der Waals surface area contributed by atoms with Crippen LogP contribution in [0.2, 0.25) is 0 Å². The summed E-state index contributed by atoms with van der Waals surface area (Å²) in [5, 5.41) is 17.4. The predicted molar refractivity (Wildman–Crippen MR) is 84.1 cm³/mol. The summed E-state index contributed by atoms with van der Waals surface area (Å²) in [7, 11) is 1.99. The Bertz CT molecular complexity index is 399. The zero-order chi connectivity index (χ0) is 15.1. The summed E-state index contributed by atoms with van der Waals surface area (Å²) in [6.45, 7) is 11.2. The molecule has 0 aliphatic carbocycles. The van der Waals surface area contributed by atoms with Gasteiger partial charge in [-0.2, -0.15) is 5.10 Å². The smallest absolute Gasteiger partial charge is 0.131 e. The van der Waals surface area contributed by atoms with Crippen molar-refractivity contribution in [1.82, 2.24) is 15.1 Å². The molecular weight excluding hydrogens is 252 g/mol. The fourth-order valence-electron chi connectivity index (χ4n) is 2.80. The van der Waals surface area contributed by atoms with Crippen LogP contribution in [-0.2, 0) is 13.6 Å². The maximum absolute atomic E-state index is 9.42. The standard InChI is InChI=1S/C15H30N4O/c1-6-13(7-2)19(9-10-20)15-14(11-16-8-3)12(4)17-18(15)5/h13,16,20H,6-11H2,1-5H3. The molecule has 1 heterocycles. The zero-order valence-corrected chi connectivity index (χ0v) is 13.6. The molecule has 0 aliphatic rings. The van der Waals surface area contributed by atoms with E-state index < -0.39 is 0 Å². The molecule has 5 heteroatoms. The summed E-state index contributed by atoms with van der Waals surface area (Å²) in [5.41, 5.74) is 2.31. The molecule has 0 aliphatic heterocycles. The number of aliphatic hydroxyl groups excluding tert-OH is 1. The van der Waals surface area contributed by atoms with Crippen molar-refractivity contribution in [2.75, 3.05) is 24.6 Å². The molecule has 1 rings (SSSR count). The van der Waals surface area contributed by atoms with Crippen LogP contribution in [0.25, 0.3) is 0 Å². The van der Waals surface area contributed by atoms with E-state index in [1.165, 1.54) is 5.56 Å². The summed E-state index contributed by atoms with van der Waals surface area (Å²) in [5.74, 6) is 1.14. The second kappa shape index (κ2) is 8.27. The molecule has 116 valence electrons. The van der Waals surface area contributed by atoms with Crippen molar-refractivity contribution < 1.29 is 5.11 Å². The van der Waals surface area contributed by atoms with Gasteiger partial charge in [-0.05, 0) is 26.3 Å². The first-order valence-electron chi connectivity index (χ1n) is 7.71. The predicted octanol–water partition coefficient (Wildman–Crippen LogP) is 1.83. The normalized spacial score (nSPS) is 11.3. The highest BCUT2D eigenvalue weighted by molar-refractivity contribution is 5.51. The summed E-state index contributed by atoms with van der Waals surface area (Å²) in [4.78, 5) is 2.31. The lowest BCUT2D eigenvalue weighted by Crippen LogP contribution is -2.39. The summed E-state index contributed by atoms with van der Waals surface area (Å²) < 4.78 is 1.95. The van der Waals surface area contributed by atoms with Crippen molar-refractivity contribution in [3.05, 3.63) is 11.3 Å². The van der Waals surface area contributed by atoms with E-state index in [-0.39, 0.29) is 6.61 Å². The van der Waals surface area contributed by atoms with Crippen LogP contribution < -0.4 is 10.2 Å². The number of aliphatic hydroxyl groups is 1. The maximum atomic E-state index is 9.42. The van der Waals surface area contributed by atoms with Gasteiger partial charge in [0.15, 0.2) is 0 Å². The van der Waals surface area contributed by atoms with Crippen molar-refractivity contribution >= 4 is 5.82 Å². The molecule has 1 aromatic heterocycles. The van der Waals surface area contributed by atoms with Gasteiger partial charge >= 0.3 is 0 Å². The molecule has 1 aromatic rings. The van der Waals surface area contributed by atoms with Gasteiger partial charge in [0, 0.05) is 31.7 Å². The first-order valence-corrected chi connectivity index (χ1v) is 7.71. The highest BCUT2D eigenvalue weighted by Crippen LogP contribution is 2.26. The SMILES string of the molecule is CCNCc1c(C)nn(C)c1N(CCO)C(CC)CC. The minimum absolute atomic E-state index is 0.168. The number of hydrogen-bond acceptors (Lipinski definition) is 4. The number of aromatic nitrogens is 2. The molecule has 5 nitrogen and oxygen atoms in total. The van der Waals surface area contributed by atoms with E-state index in [0.717, 1.165) is 37.4 Å². The lowest BCUT2D eigenvalue weighted by molar-refractivity contribution is 0.294. The monoisotopic (exact) mass is 282 g/mol. The molecule has 0 saturated heterocycles. The number of nitrogens with one attached hydrogen (secondary N) is 1. The van der Waals surface area contributed by atoms with Gasteiger partial charge in [-0.1, -0.05) is 20.8 Å². The Morgan fingerprint density at radius 2 is 1.95 bits per heavy atom. The van der Waals surface area contributed by atoms with Crippen LogP contribution >= 0.6 is 0 Å². The fraction of sp³-hybridized carbons (Fsp3) is 0.800. The maximum Gasteiger partial charge on any atom is 0.131 e. The third-order valence-electron chi connectivity index (χ3n) is 3.86. The van der Waals surface area contributed by atoms with Crippen molar-refractivity contribution in [1.29, 1.82) is 0 Å². The molecule has 0 atom stereocenters. The second-order valence-corrected chi connectivity index (χ2v) is 5.18. The minimum atomic E-state index is 0.168. The molecule has 0 unspecified atom stereocenters. The third-order valence-corrected chi connectivity index (χ3v) is 3.86. The molecule has 2 N–H and O–H groups in total. The molecule has 0 fully saturated rings. The Labute approximate surface area is 123 Å².